The molecule has 0 aliphatic carbocycles. The van der Waals surface area contributed by atoms with E-state index in [1.54, 1.807) is 39.0 Å². The molecular formula is C20H22ClN3O4. The molecule has 3 rings (SSSR count). The van der Waals surface area contributed by atoms with Crippen LogP contribution in [-0.2, 0) is 15.1 Å². The number of aryl methyl sites for hydroxylation is 2. The maximum atomic E-state index is 12.9. The van der Waals surface area contributed by atoms with Crippen LogP contribution in [0.25, 0.3) is 0 Å². The van der Waals surface area contributed by atoms with Crippen molar-refractivity contribution in [3.8, 4) is 0 Å². The Morgan fingerprint density at radius 3 is 2.50 bits per heavy atom. The van der Waals surface area contributed by atoms with E-state index in [0.29, 0.717) is 22.1 Å². The fraction of sp³-hybridized carbons (Fsp3) is 0.350. The molecule has 2 unspecified atom stereocenters. The second kappa shape index (κ2) is 7.31. The summed E-state index contributed by atoms with van der Waals surface area (Å²) in [6, 6.07) is 7.90. The van der Waals surface area contributed by atoms with Gasteiger partial charge in [-0.1, -0.05) is 23.7 Å². The number of nitrogens with one attached hydrogen (secondary N) is 2. The summed E-state index contributed by atoms with van der Waals surface area (Å²) < 4.78 is 5.49. The quantitative estimate of drug-likeness (QED) is 0.750. The van der Waals surface area contributed by atoms with Gasteiger partial charge in [-0.15, -0.1) is 0 Å². The molecule has 8 heteroatoms. The molecular weight excluding hydrogens is 382 g/mol. The monoisotopic (exact) mass is 403 g/mol. The van der Waals surface area contributed by atoms with Gasteiger partial charge in [0.1, 0.15) is 23.6 Å². The van der Waals surface area contributed by atoms with E-state index in [1.165, 1.54) is 0 Å². The third-order valence-corrected chi connectivity index (χ3v) is 5.16. The van der Waals surface area contributed by atoms with Gasteiger partial charge in [0, 0.05) is 10.6 Å². The molecule has 1 aliphatic rings. The first-order valence-electron chi connectivity index (χ1n) is 8.88. The van der Waals surface area contributed by atoms with Crippen molar-refractivity contribution in [3.05, 3.63) is 58.0 Å². The summed E-state index contributed by atoms with van der Waals surface area (Å²) in [6.45, 7) is 6.56. The van der Waals surface area contributed by atoms with Crippen molar-refractivity contribution >= 4 is 29.4 Å². The molecule has 1 saturated heterocycles. The number of benzene rings is 1. The number of rotatable bonds is 5. The Morgan fingerprint density at radius 1 is 1.29 bits per heavy atom. The number of hydrogen-bond donors (Lipinski definition) is 2. The topological polar surface area (TPSA) is 91.7 Å². The number of furan rings is 1. The lowest BCUT2D eigenvalue weighted by atomic mass is 9.92. The Balaban J connectivity index is 1.71. The van der Waals surface area contributed by atoms with Crippen LogP contribution in [0.2, 0.25) is 5.02 Å². The molecule has 148 valence electrons. The molecule has 1 aromatic heterocycles. The molecule has 0 radical (unpaired) electrons. The average Bonchev–Trinajstić information content (AvgIpc) is 3.07. The van der Waals surface area contributed by atoms with Gasteiger partial charge < -0.3 is 15.1 Å². The van der Waals surface area contributed by atoms with Crippen LogP contribution >= 0.6 is 11.6 Å². The Morgan fingerprint density at radius 2 is 1.93 bits per heavy atom. The van der Waals surface area contributed by atoms with Crippen LogP contribution in [0.3, 0.4) is 0 Å². The molecule has 28 heavy (non-hydrogen) atoms. The second-order valence-electron chi connectivity index (χ2n) is 7.11. The highest BCUT2D eigenvalue weighted by Gasteiger charge is 2.51. The Labute approximate surface area is 168 Å². The summed E-state index contributed by atoms with van der Waals surface area (Å²) in [6.07, 6.45) is 0. The van der Waals surface area contributed by atoms with E-state index >= 15 is 0 Å². The van der Waals surface area contributed by atoms with Gasteiger partial charge in [0.05, 0.1) is 6.04 Å². The van der Waals surface area contributed by atoms with Gasteiger partial charge in [-0.25, -0.2) is 4.79 Å². The number of carbonyl (C=O) groups excluding carboxylic acids is 3. The standard InChI is InChI=1S/C20H22ClN3O4/c1-11-9-16(13(3)28-11)20(4)18(26)24(19(27)23-20)10-17(25)22-12(2)14-5-7-15(21)8-6-14/h5-9,12H,10H2,1-4H3,(H,22,25)(H,23,27). The third kappa shape index (κ3) is 3.62. The van der Waals surface area contributed by atoms with Crippen molar-refractivity contribution in [2.24, 2.45) is 0 Å². The zero-order valence-corrected chi connectivity index (χ0v) is 16.9. The molecule has 2 heterocycles. The highest BCUT2D eigenvalue weighted by molar-refractivity contribution is 6.30. The molecule has 2 N–H and O–H groups in total. The summed E-state index contributed by atoms with van der Waals surface area (Å²) in [5.74, 6) is 0.270. The first-order chi connectivity index (χ1) is 13.1. The predicted octanol–water partition coefficient (Wildman–Crippen LogP) is 3.19. The lowest BCUT2D eigenvalue weighted by molar-refractivity contribution is -0.135. The van der Waals surface area contributed by atoms with Crippen LogP contribution in [0.1, 0.15) is 42.5 Å². The van der Waals surface area contributed by atoms with E-state index in [9.17, 15) is 14.4 Å². The van der Waals surface area contributed by atoms with Crippen LogP contribution in [0.5, 0.6) is 0 Å². The third-order valence-electron chi connectivity index (χ3n) is 4.90. The van der Waals surface area contributed by atoms with Crippen LogP contribution in [0.15, 0.2) is 34.7 Å². The first-order valence-corrected chi connectivity index (χ1v) is 9.26. The number of nitrogens with zero attached hydrogens (tertiary/aromatic N) is 1. The van der Waals surface area contributed by atoms with Crippen LogP contribution in [0.4, 0.5) is 4.79 Å². The van der Waals surface area contributed by atoms with Crippen molar-refractivity contribution in [1.82, 2.24) is 15.5 Å². The van der Waals surface area contributed by atoms with Crippen molar-refractivity contribution in [1.29, 1.82) is 0 Å². The summed E-state index contributed by atoms with van der Waals surface area (Å²) in [5.41, 5.74) is 0.186. The summed E-state index contributed by atoms with van der Waals surface area (Å²) in [7, 11) is 0. The zero-order valence-electron chi connectivity index (χ0n) is 16.1. The largest absolute Gasteiger partial charge is 0.466 e. The summed E-state index contributed by atoms with van der Waals surface area (Å²) in [5, 5.41) is 6.07. The number of hydrogen-bond acceptors (Lipinski definition) is 4. The summed E-state index contributed by atoms with van der Waals surface area (Å²) >= 11 is 5.87. The lowest BCUT2D eigenvalue weighted by Gasteiger charge is -2.21. The van der Waals surface area contributed by atoms with Gasteiger partial charge in [0.25, 0.3) is 5.91 Å². The number of halogens is 1. The van der Waals surface area contributed by atoms with E-state index in [0.717, 1.165) is 10.5 Å². The fourth-order valence-corrected chi connectivity index (χ4v) is 3.54. The van der Waals surface area contributed by atoms with Gasteiger partial charge in [-0.05, 0) is 51.5 Å². The minimum absolute atomic E-state index is 0.296. The molecule has 1 fully saturated rings. The minimum atomic E-state index is -1.26. The maximum absolute atomic E-state index is 12.9. The van der Waals surface area contributed by atoms with E-state index in [2.05, 4.69) is 10.6 Å². The molecule has 7 nitrogen and oxygen atoms in total. The van der Waals surface area contributed by atoms with Gasteiger partial charge >= 0.3 is 6.03 Å². The lowest BCUT2D eigenvalue weighted by Crippen LogP contribution is -2.43. The zero-order chi connectivity index (χ0) is 20.6. The molecule has 2 aromatic rings. The molecule has 2 atom stereocenters. The molecule has 1 aromatic carbocycles. The van der Waals surface area contributed by atoms with E-state index in [-0.39, 0.29) is 12.6 Å². The second-order valence-corrected chi connectivity index (χ2v) is 7.55. The van der Waals surface area contributed by atoms with Crippen molar-refractivity contribution in [3.63, 3.8) is 0 Å². The maximum Gasteiger partial charge on any atom is 0.325 e. The van der Waals surface area contributed by atoms with Gasteiger partial charge in [-0.2, -0.15) is 0 Å². The smallest absolute Gasteiger partial charge is 0.325 e. The normalized spacial score (nSPS) is 20.2. The first kappa shape index (κ1) is 19.9. The van der Waals surface area contributed by atoms with Crippen LogP contribution in [0, 0.1) is 13.8 Å². The molecule has 0 spiro atoms. The highest BCUT2D eigenvalue weighted by Crippen LogP contribution is 2.32. The number of carbonyl (C=O) groups is 3. The van der Waals surface area contributed by atoms with Gasteiger partial charge in [0.2, 0.25) is 5.91 Å². The Hall–Kier alpha value is -2.80. The van der Waals surface area contributed by atoms with E-state index in [1.807, 2.05) is 19.1 Å². The Kier molecular flexibility index (Phi) is 5.21. The minimum Gasteiger partial charge on any atom is -0.466 e. The highest BCUT2D eigenvalue weighted by atomic mass is 35.5. The average molecular weight is 404 g/mol. The summed E-state index contributed by atoms with van der Waals surface area (Å²) in [4.78, 5) is 38.7. The Bertz CT molecular complexity index is 937. The van der Waals surface area contributed by atoms with Crippen molar-refractivity contribution < 1.29 is 18.8 Å². The molecule has 0 bridgehead atoms. The van der Waals surface area contributed by atoms with Crippen molar-refractivity contribution in [2.75, 3.05) is 6.54 Å². The predicted molar refractivity (Wildman–Crippen MR) is 104 cm³/mol. The van der Waals surface area contributed by atoms with Gasteiger partial charge in [0.15, 0.2) is 0 Å². The molecule has 1 aliphatic heterocycles. The van der Waals surface area contributed by atoms with Gasteiger partial charge in [-0.3, -0.25) is 14.5 Å². The molecule has 4 amide bonds. The van der Waals surface area contributed by atoms with Crippen molar-refractivity contribution in [2.45, 2.75) is 39.3 Å². The molecule has 0 saturated carbocycles. The number of urea groups is 1. The fourth-order valence-electron chi connectivity index (χ4n) is 3.42. The SMILES string of the molecule is Cc1cc(C2(C)NC(=O)N(CC(=O)NC(C)c3ccc(Cl)cc3)C2=O)c(C)o1. The van der Waals surface area contributed by atoms with E-state index < -0.39 is 23.4 Å². The van der Waals surface area contributed by atoms with E-state index in [4.69, 9.17) is 16.0 Å². The number of imide groups is 1. The van der Waals surface area contributed by atoms with Crippen LogP contribution < -0.4 is 10.6 Å². The van der Waals surface area contributed by atoms with Crippen LogP contribution in [-0.4, -0.2) is 29.3 Å². The number of amides is 4.